The van der Waals surface area contributed by atoms with Crippen molar-refractivity contribution in [3.63, 3.8) is 0 Å². The molecule has 0 aliphatic heterocycles. The van der Waals surface area contributed by atoms with Gasteiger partial charge in [-0.25, -0.2) is 4.98 Å². The first-order chi connectivity index (χ1) is 10.6. The van der Waals surface area contributed by atoms with Crippen LogP contribution in [0, 0.1) is 5.41 Å². The summed E-state index contributed by atoms with van der Waals surface area (Å²) in [5, 5.41) is 19.4. The largest absolute Gasteiger partial charge is 0.398 e. The highest BCUT2D eigenvalue weighted by molar-refractivity contribution is 5.91. The maximum absolute atomic E-state index is 8.83. The van der Waals surface area contributed by atoms with Gasteiger partial charge in [0.15, 0.2) is 0 Å². The zero-order valence-electron chi connectivity index (χ0n) is 12.0. The van der Waals surface area contributed by atoms with E-state index in [0.29, 0.717) is 23.5 Å². The SMILES string of the molecule is N=Cc1cc(Nc2ccnc(N)n2)cc(/C=C/CCO)c1N. The van der Waals surface area contributed by atoms with Gasteiger partial charge < -0.3 is 27.3 Å². The van der Waals surface area contributed by atoms with Crippen molar-refractivity contribution in [2.75, 3.05) is 23.4 Å². The van der Waals surface area contributed by atoms with Gasteiger partial charge in [0.05, 0.1) is 0 Å². The standard InChI is InChI=1S/C15H18N6O/c16-9-11-8-12(20-13-4-5-19-15(18)21-13)7-10(14(11)17)3-1-2-6-22/h1,3-5,7-9,16,22H,2,6,17H2,(H3,18,19,20,21)/b3-1+,16-9?. The maximum atomic E-state index is 8.83. The molecule has 1 aromatic carbocycles. The fraction of sp³-hybridized carbons (Fsp3) is 0.133. The van der Waals surface area contributed by atoms with Gasteiger partial charge in [0.2, 0.25) is 5.95 Å². The first-order valence-corrected chi connectivity index (χ1v) is 6.71. The van der Waals surface area contributed by atoms with Crippen LogP contribution in [0.1, 0.15) is 17.5 Å². The van der Waals surface area contributed by atoms with Crippen LogP contribution in [0.2, 0.25) is 0 Å². The predicted octanol–water partition coefficient (Wildman–Crippen LogP) is 1.78. The maximum Gasteiger partial charge on any atom is 0.221 e. The Morgan fingerprint density at radius 3 is 2.73 bits per heavy atom. The molecule has 7 nitrogen and oxygen atoms in total. The Morgan fingerprint density at radius 1 is 1.27 bits per heavy atom. The highest BCUT2D eigenvalue weighted by atomic mass is 16.2. The molecule has 2 rings (SSSR count). The molecule has 0 bridgehead atoms. The minimum absolute atomic E-state index is 0.0754. The Morgan fingerprint density at radius 2 is 2.05 bits per heavy atom. The zero-order valence-corrected chi connectivity index (χ0v) is 12.0. The lowest BCUT2D eigenvalue weighted by atomic mass is 10.1. The lowest BCUT2D eigenvalue weighted by Crippen LogP contribution is -2.02. The minimum Gasteiger partial charge on any atom is -0.398 e. The summed E-state index contributed by atoms with van der Waals surface area (Å²) in [5.41, 5.74) is 14.2. The van der Waals surface area contributed by atoms with E-state index in [4.69, 9.17) is 22.0 Å². The van der Waals surface area contributed by atoms with Crippen LogP contribution in [0.5, 0.6) is 0 Å². The molecule has 0 spiro atoms. The molecule has 0 unspecified atom stereocenters. The Labute approximate surface area is 128 Å². The number of aromatic nitrogens is 2. The molecule has 7 N–H and O–H groups in total. The van der Waals surface area contributed by atoms with Gasteiger partial charge in [0, 0.05) is 36.0 Å². The molecule has 0 fully saturated rings. The number of rotatable bonds is 6. The molecule has 22 heavy (non-hydrogen) atoms. The quantitative estimate of drug-likeness (QED) is 0.407. The number of nitrogens with two attached hydrogens (primary N) is 2. The van der Waals surface area contributed by atoms with Gasteiger partial charge in [-0.1, -0.05) is 12.2 Å². The number of nitrogens with one attached hydrogen (secondary N) is 2. The number of hydrogen-bond acceptors (Lipinski definition) is 7. The van der Waals surface area contributed by atoms with Gasteiger partial charge in [-0.15, -0.1) is 0 Å². The third-order valence-electron chi connectivity index (χ3n) is 2.94. The van der Waals surface area contributed by atoms with E-state index < -0.39 is 0 Å². The first kappa shape index (κ1) is 15.5. The highest BCUT2D eigenvalue weighted by Gasteiger charge is 2.06. The van der Waals surface area contributed by atoms with Gasteiger partial charge >= 0.3 is 0 Å². The third kappa shape index (κ3) is 3.80. The van der Waals surface area contributed by atoms with Gasteiger partial charge in [-0.3, -0.25) is 0 Å². The molecule has 1 heterocycles. The molecule has 0 aliphatic carbocycles. The Balaban J connectivity index is 2.35. The molecule has 0 aliphatic rings. The lowest BCUT2D eigenvalue weighted by Gasteiger charge is -2.11. The fourth-order valence-corrected chi connectivity index (χ4v) is 1.90. The van der Waals surface area contributed by atoms with E-state index in [2.05, 4.69) is 15.3 Å². The van der Waals surface area contributed by atoms with Crippen molar-refractivity contribution >= 4 is 35.4 Å². The first-order valence-electron chi connectivity index (χ1n) is 6.71. The van der Waals surface area contributed by atoms with E-state index in [0.717, 1.165) is 11.3 Å². The molecule has 1 aromatic heterocycles. The second-order valence-electron chi connectivity index (χ2n) is 4.55. The van der Waals surface area contributed by atoms with Crippen molar-refractivity contribution in [1.29, 1.82) is 5.41 Å². The van der Waals surface area contributed by atoms with Gasteiger partial charge in [0.25, 0.3) is 0 Å². The smallest absolute Gasteiger partial charge is 0.221 e. The van der Waals surface area contributed by atoms with E-state index in [1.807, 2.05) is 18.2 Å². The van der Waals surface area contributed by atoms with Crippen LogP contribution in [-0.4, -0.2) is 27.9 Å². The monoisotopic (exact) mass is 298 g/mol. The number of nitrogens with zero attached hydrogens (tertiary/aromatic N) is 2. The number of anilines is 4. The summed E-state index contributed by atoms with van der Waals surface area (Å²) in [6, 6.07) is 5.29. The number of aliphatic hydroxyl groups is 1. The number of aliphatic hydroxyl groups excluding tert-OH is 1. The summed E-state index contributed by atoms with van der Waals surface area (Å²) in [5.74, 6) is 0.731. The number of nitrogen functional groups attached to an aromatic ring is 2. The topological polar surface area (TPSA) is 134 Å². The van der Waals surface area contributed by atoms with Crippen LogP contribution in [0.4, 0.5) is 23.1 Å². The average Bonchev–Trinajstić information content (AvgIpc) is 2.50. The van der Waals surface area contributed by atoms with Crippen LogP contribution in [0.3, 0.4) is 0 Å². The number of hydrogen-bond donors (Lipinski definition) is 5. The second-order valence-corrected chi connectivity index (χ2v) is 4.55. The van der Waals surface area contributed by atoms with E-state index in [1.54, 1.807) is 18.3 Å². The Bertz CT molecular complexity index is 698. The molecule has 0 amide bonds. The average molecular weight is 298 g/mol. The molecule has 114 valence electrons. The summed E-state index contributed by atoms with van der Waals surface area (Å²) >= 11 is 0. The normalized spacial score (nSPS) is 10.8. The Hall–Kier alpha value is -2.93. The van der Waals surface area contributed by atoms with Crippen LogP contribution in [-0.2, 0) is 0 Å². The molecule has 0 atom stereocenters. The summed E-state index contributed by atoms with van der Waals surface area (Å²) < 4.78 is 0. The van der Waals surface area contributed by atoms with Crippen molar-refractivity contribution in [2.24, 2.45) is 0 Å². The molecular formula is C15H18N6O. The molecule has 2 aromatic rings. The van der Waals surface area contributed by atoms with Crippen molar-refractivity contribution in [2.45, 2.75) is 6.42 Å². The summed E-state index contributed by atoms with van der Waals surface area (Å²) in [7, 11) is 0. The van der Waals surface area contributed by atoms with Gasteiger partial charge in [-0.05, 0) is 30.2 Å². The molecule has 7 heteroatoms. The van der Waals surface area contributed by atoms with Crippen molar-refractivity contribution < 1.29 is 5.11 Å². The molecule has 0 saturated heterocycles. The fourth-order valence-electron chi connectivity index (χ4n) is 1.90. The van der Waals surface area contributed by atoms with E-state index in [1.165, 1.54) is 6.21 Å². The second kappa shape index (κ2) is 7.19. The van der Waals surface area contributed by atoms with Crippen LogP contribution < -0.4 is 16.8 Å². The molecule has 0 radical (unpaired) electrons. The van der Waals surface area contributed by atoms with Gasteiger partial charge in [0.1, 0.15) is 5.82 Å². The lowest BCUT2D eigenvalue weighted by molar-refractivity contribution is 0.303. The van der Waals surface area contributed by atoms with E-state index in [9.17, 15) is 0 Å². The third-order valence-corrected chi connectivity index (χ3v) is 2.94. The van der Waals surface area contributed by atoms with Crippen LogP contribution in [0.25, 0.3) is 6.08 Å². The van der Waals surface area contributed by atoms with Crippen molar-refractivity contribution in [1.82, 2.24) is 9.97 Å². The van der Waals surface area contributed by atoms with E-state index >= 15 is 0 Å². The number of benzene rings is 1. The van der Waals surface area contributed by atoms with Crippen LogP contribution in [0.15, 0.2) is 30.5 Å². The minimum atomic E-state index is 0.0754. The molecular weight excluding hydrogens is 280 g/mol. The van der Waals surface area contributed by atoms with Crippen molar-refractivity contribution in [3.05, 3.63) is 41.6 Å². The summed E-state index contributed by atoms with van der Waals surface area (Å²) in [6.07, 6.45) is 6.93. The highest BCUT2D eigenvalue weighted by Crippen LogP contribution is 2.25. The summed E-state index contributed by atoms with van der Waals surface area (Å²) in [4.78, 5) is 7.90. The molecule has 0 saturated carbocycles. The Kier molecular flexibility index (Phi) is 5.05. The summed E-state index contributed by atoms with van der Waals surface area (Å²) in [6.45, 7) is 0.0754. The van der Waals surface area contributed by atoms with Crippen LogP contribution >= 0.6 is 0 Å². The zero-order chi connectivity index (χ0) is 15.9. The van der Waals surface area contributed by atoms with Gasteiger partial charge in [-0.2, -0.15) is 4.98 Å². The predicted molar refractivity (Wildman–Crippen MR) is 89.2 cm³/mol. The van der Waals surface area contributed by atoms with E-state index in [-0.39, 0.29) is 12.6 Å². The van der Waals surface area contributed by atoms with Crippen molar-refractivity contribution in [3.8, 4) is 0 Å².